The molecule has 0 aromatic rings. The zero-order valence-corrected chi connectivity index (χ0v) is 5.52. The summed E-state index contributed by atoms with van der Waals surface area (Å²) in [4.78, 5) is 0. The molecule has 0 amide bonds. The molecule has 1 unspecified atom stereocenters. The Morgan fingerprint density at radius 3 is 2.25 bits per heavy atom. The number of aliphatic hydroxyl groups is 2. The molecule has 8 heavy (non-hydrogen) atoms. The molecule has 4 heteroatoms. The molecule has 0 aliphatic carbocycles. The van der Waals surface area contributed by atoms with E-state index in [0.29, 0.717) is 0 Å². The fourth-order valence-corrected chi connectivity index (χ4v) is 0.245. The van der Waals surface area contributed by atoms with Crippen LogP contribution in [0.1, 0.15) is 0 Å². The number of hydrogen-bond acceptors (Lipinski definition) is 3. The summed E-state index contributed by atoms with van der Waals surface area (Å²) in [6.45, 7) is -0.0235. The highest BCUT2D eigenvalue weighted by Crippen LogP contribution is 1.77. The van der Waals surface area contributed by atoms with Crippen LogP contribution in [-0.4, -0.2) is 36.6 Å². The lowest BCUT2D eigenvalue weighted by molar-refractivity contribution is 0.0254. The third kappa shape index (κ3) is 6.17. The Hall–Kier alpha value is 0.170. The Balaban J connectivity index is 0. The van der Waals surface area contributed by atoms with Crippen molar-refractivity contribution in [2.75, 3.05) is 20.3 Å². The van der Waals surface area contributed by atoms with E-state index in [1.165, 1.54) is 7.11 Å². The largest absolute Gasteiger partial charge is 0.394 e. The quantitative estimate of drug-likeness (QED) is 0.554. The molecular formula is C4H11ClO3. The molecule has 1 atom stereocenters. The first-order valence-corrected chi connectivity index (χ1v) is 2.09. The van der Waals surface area contributed by atoms with Crippen LogP contribution in [0.2, 0.25) is 0 Å². The summed E-state index contributed by atoms with van der Waals surface area (Å²) in [5, 5.41) is 16.6. The molecule has 0 saturated carbocycles. The maximum atomic E-state index is 8.48. The van der Waals surface area contributed by atoms with Gasteiger partial charge in [0.25, 0.3) is 0 Å². The van der Waals surface area contributed by atoms with Crippen LogP contribution >= 0.6 is 12.4 Å². The highest BCUT2D eigenvalue weighted by atomic mass is 35.5. The van der Waals surface area contributed by atoms with Crippen molar-refractivity contribution in [3.63, 3.8) is 0 Å². The number of rotatable bonds is 3. The van der Waals surface area contributed by atoms with Gasteiger partial charge in [0.05, 0.1) is 13.2 Å². The second-order valence-corrected chi connectivity index (χ2v) is 1.29. The predicted octanol–water partition coefficient (Wildman–Crippen LogP) is -0.592. The van der Waals surface area contributed by atoms with Gasteiger partial charge in [0.15, 0.2) is 0 Å². The van der Waals surface area contributed by atoms with Gasteiger partial charge >= 0.3 is 0 Å². The van der Waals surface area contributed by atoms with E-state index in [-0.39, 0.29) is 25.6 Å². The van der Waals surface area contributed by atoms with Gasteiger partial charge in [-0.2, -0.15) is 0 Å². The number of methoxy groups -OCH3 is 1. The van der Waals surface area contributed by atoms with Crippen LogP contribution in [0.15, 0.2) is 0 Å². The van der Waals surface area contributed by atoms with Crippen molar-refractivity contribution in [2.45, 2.75) is 6.10 Å². The first-order valence-electron chi connectivity index (χ1n) is 2.09. The molecule has 0 aliphatic heterocycles. The molecule has 2 N–H and O–H groups in total. The van der Waals surface area contributed by atoms with Gasteiger partial charge in [-0.1, -0.05) is 0 Å². The van der Waals surface area contributed by atoms with E-state index in [4.69, 9.17) is 10.2 Å². The standard InChI is InChI=1S/C4H10O3.ClH/c1-7-3-4(6)2-5;/h4-6H,2-3H2,1H3;1H. The lowest BCUT2D eigenvalue weighted by Gasteiger charge is -2.01. The van der Waals surface area contributed by atoms with Crippen molar-refractivity contribution in [2.24, 2.45) is 0 Å². The van der Waals surface area contributed by atoms with Crippen molar-refractivity contribution in [3.8, 4) is 0 Å². The maximum Gasteiger partial charge on any atom is 0.100 e. The lowest BCUT2D eigenvalue weighted by atomic mass is 10.4. The Bertz CT molecular complexity index is 42.3. The molecule has 0 saturated heterocycles. The Labute approximate surface area is 54.7 Å². The van der Waals surface area contributed by atoms with Crippen LogP contribution in [0, 0.1) is 0 Å². The molecule has 0 rings (SSSR count). The number of aliphatic hydroxyl groups excluding tert-OH is 2. The molecule has 0 radical (unpaired) electrons. The van der Waals surface area contributed by atoms with Gasteiger partial charge in [0, 0.05) is 7.11 Å². The third-order valence-electron chi connectivity index (χ3n) is 0.570. The predicted molar refractivity (Wildman–Crippen MR) is 32.2 cm³/mol. The van der Waals surface area contributed by atoms with E-state index in [2.05, 4.69) is 4.74 Å². The Morgan fingerprint density at radius 2 is 2.12 bits per heavy atom. The average molecular weight is 143 g/mol. The number of halogens is 1. The fourth-order valence-electron chi connectivity index (χ4n) is 0.245. The van der Waals surface area contributed by atoms with Crippen LogP contribution in [0.25, 0.3) is 0 Å². The van der Waals surface area contributed by atoms with Crippen LogP contribution in [0.3, 0.4) is 0 Å². The smallest absolute Gasteiger partial charge is 0.100 e. The minimum atomic E-state index is -0.718. The van der Waals surface area contributed by atoms with Crippen molar-refractivity contribution in [3.05, 3.63) is 0 Å². The molecule has 0 spiro atoms. The molecule has 3 nitrogen and oxygen atoms in total. The summed E-state index contributed by atoms with van der Waals surface area (Å²) in [5.41, 5.74) is 0. The van der Waals surface area contributed by atoms with E-state index in [0.717, 1.165) is 0 Å². The van der Waals surface area contributed by atoms with Crippen LogP contribution < -0.4 is 0 Å². The van der Waals surface area contributed by atoms with Crippen molar-refractivity contribution in [1.29, 1.82) is 0 Å². The monoisotopic (exact) mass is 142 g/mol. The van der Waals surface area contributed by atoms with Gasteiger partial charge in [-0.05, 0) is 0 Å². The molecule has 0 heterocycles. The molecule has 0 aliphatic rings. The highest BCUT2D eigenvalue weighted by Gasteiger charge is 1.96. The van der Waals surface area contributed by atoms with Crippen LogP contribution in [0.4, 0.5) is 0 Å². The summed E-state index contributed by atoms with van der Waals surface area (Å²) in [5.74, 6) is 0. The first kappa shape index (κ1) is 11.0. The molecule has 0 aromatic heterocycles. The zero-order chi connectivity index (χ0) is 5.70. The fraction of sp³-hybridized carbons (Fsp3) is 1.00. The van der Waals surface area contributed by atoms with E-state index in [1.807, 2.05) is 0 Å². The topological polar surface area (TPSA) is 49.7 Å². The normalized spacial score (nSPS) is 12.4. The van der Waals surface area contributed by atoms with Crippen molar-refractivity contribution in [1.82, 2.24) is 0 Å². The Morgan fingerprint density at radius 1 is 1.62 bits per heavy atom. The Kier molecular flexibility index (Phi) is 9.89. The van der Waals surface area contributed by atoms with Crippen LogP contribution in [0.5, 0.6) is 0 Å². The first-order chi connectivity index (χ1) is 3.31. The van der Waals surface area contributed by atoms with E-state index < -0.39 is 6.10 Å². The highest BCUT2D eigenvalue weighted by molar-refractivity contribution is 5.85. The molecule has 0 bridgehead atoms. The van der Waals surface area contributed by atoms with Gasteiger partial charge in [0.2, 0.25) is 0 Å². The van der Waals surface area contributed by atoms with E-state index >= 15 is 0 Å². The molecule has 0 fully saturated rings. The minimum Gasteiger partial charge on any atom is -0.394 e. The van der Waals surface area contributed by atoms with Gasteiger partial charge in [-0.25, -0.2) is 0 Å². The minimum absolute atomic E-state index is 0. The summed E-state index contributed by atoms with van der Waals surface area (Å²) in [6, 6.07) is 0. The molecule has 52 valence electrons. The lowest BCUT2D eigenvalue weighted by Crippen LogP contribution is -2.17. The van der Waals surface area contributed by atoms with Gasteiger partial charge in [0.1, 0.15) is 6.10 Å². The summed E-state index contributed by atoms with van der Waals surface area (Å²) in [7, 11) is 1.47. The summed E-state index contributed by atoms with van der Waals surface area (Å²) in [6.07, 6.45) is -0.718. The number of hydrogen-bond donors (Lipinski definition) is 2. The summed E-state index contributed by atoms with van der Waals surface area (Å²) < 4.78 is 4.48. The van der Waals surface area contributed by atoms with Crippen molar-refractivity contribution < 1.29 is 14.9 Å². The molecular weight excluding hydrogens is 131 g/mol. The average Bonchev–Trinajstić information content (AvgIpc) is 1.68. The van der Waals surface area contributed by atoms with Gasteiger partial charge in [-0.3, -0.25) is 0 Å². The SMILES string of the molecule is COCC(O)CO.Cl. The zero-order valence-electron chi connectivity index (χ0n) is 4.70. The van der Waals surface area contributed by atoms with Gasteiger partial charge < -0.3 is 14.9 Å². The van der Waals surface area contributed by atoms with E-state index in [1.54, 1.807) is 0 Å². The number of ether oxygens (including phenoxy) is 1. The molecule has 0 aromatic carbocycles. The second kappa shape index (κ2) is 7.17. The third-order valence-corrected chi connectivity index (χ3v) is 0.570. The van der Waals surface area contributed by atoms with Gasteiger partial charge in [-0.15, -0.1) is 12.4 Å². The summed E-state index contributed by atoms with van der Waals surface area (Å²) >= 11 is 0. The maximum absolute atomic E-state index is 8.48. The van der Waals surface area contributed by atoms with E-state index in [9.17, 15) is 0 Å². The van der Waals surface area contributed by atoms with Crippen molar-refractivity contribution >= 4 is 12.4 Å². The second-order valence-electron chi connectivity index (χ2n) is 1.29. The van der Waals surface area contributed by atoms with Crippen LogP contribution in [-0.2, 0) is 4.74 Å².